The molecule has 122 valence electrons. The van der Waals surface area contributed by atoms with Gasteiger partial charge in [-0.25, -0.2) is 0 Å². The average Bonchev–Trinajstić information content (AvgIpc) is 2.53. The molecule has 1 aromatic carbocycles. The second-order valence-corrected chi connectivity index (χ2v) is 6.28. The number of aliphatic hydroxyl groups is 1. The first-order chi connectivity index (χ1) is 10.5. The summed E-state index contributed by atoms with van der Waals surface area (Å²) in [5, 5.41) is 13.4. The molecule has 0 spiro atoms. The minimum absolute atomic E-state index is 0.131. The Labute approximate surface area is 136 Å². The molecule has 2 rings (SSSR count). The summed E-state index contributed by atoms with van der Waals surface area (Å²) in [6, 6.07) is 6.83. The summed E-state index contributed by atoms with van der Waals surface area (Å²) in [5.41, 5.74) is 0.293. The monoisotopic (exact) mass is 326 g/mol. The fourth-order valence-corrected chi connectivity index (χ4v) is 2.96. The molecule has 1 aliphatic rings. The molecule has 2 N–H and O–H groups in total. The maximum absolute atomic E-state index is 12.2. The summed E-state index contributed by atoms with van der Waals surface area (Å²) in [7, 11) is 4.00. The quantitative estimate of drug-likeness (QED) is 0.863. The molecule has 1 amide bonds. The van der Waals surface area contributed by atoms with Crippen LogP contribution in [0.1, 0.15) is 24.5 Å². The van der Waals surface area contributed by atoms with Gasteiger partial charge in [-0.15, -0.1) is 0 Å². The number of halogens is 1. The molecule has 0 aromatic heterocycles. The number of nitrogens with one attached hydrogen (secondary N) is 1. The van der Waals surface area contributed by atoms with Crippen LogP contribution in [0.5, 0.6) is 0 Å². The van der Waals surface area contributed by atoms with Crippen molar-refractivity contribution in [2.45, 2.75) is 24.5 Å². The topological polar surface area (TPSA) is 61.8 Å². The van der Waals surface area contributed by atoms with Crippen LogP contribution in [0.3, 0.4) is 0 Å². The van der Waals surface area contributed by atoms with Crippen LogP contribution in [0.15, 0.2) is 24.3 Å². The Morgan fingerprint density at radius 3 is 2.64 bits per heavy atom. The van der Waals surface area contributed by atoms with Gasteiger partial charge < -0.3 is 20.1 Å². The van der Waals surface area contributed by atoms with Crippen LogP contribution in [0.4, 0.5) is 0 Å². The minimum atomic E-state index is -1.26. The highest BCUT2D eigenvalue weighted by Gasteiger charge is 2.35. The Kier molecular flexibility index (Phi) is 5.81. The lowest BCUT2D eigenvalue weighted by molar-refractivity contribution is -0.130. The van der Waals surface area contributed by atoms with Crippen molar-refractivity contribution in [2.75, 3.05) is 33.9 Å². The molecule has 1 heterocycles. The normalized spacial score (nSPS) is 19.0. The second kappa shape index (κ2) is 7.42. The van der Waals surface area contributed by atoms with Gasteiger partial charge in [-0.2, -0.15) is 0 Å². The third-order valence-electron chi connectivity index (χ3n) is 4.41. The third-order valence-corrected chi connectivity index (χ3v) is 4.76. The smallest absolute Gasteiger partial charge is 0.253 e. The van der Waals surface area contributed by atoms with Gasteiger partial charge in [-0.05, 0) is 33.0 Å². The van der Waals surface area contributed by atoms with Crippen molar-refractivity contribution in [2.24, 2.45) is 0 Å². The standard InChI is InChI=1S/C16H23ClN2O3/c1-19(2)16(7-9-22-10-8-16)11-18-15(21)14(20)12-5-3-4-6-13(12)17/h3-6,14,20H,7-11H2,1-2H3,(H,18,21)/t14-/m1/s1. The Hall–Kier alpha value is -1.14. The van der Waals surface area contributed by atoms with Gasteiger partial charge in [0, 0.05) is 35.9 Å². The van der Waals surface area contributed by atoms with E-state index in [4.69, 9.17) is 16.3 Å². The Morgan fingerprint density at radius 1 is 1.41 bits per heavy atom. The van der Waals surface area contributed by atoms with E-state index in [9.17, 15) is 9.90 Å². The lowest BCUT2D eigenvalue weighted by Gasteiger charge is -2.43. The number of hydrogen-bond acceptors (Lipinski definition) is 4. The van der Waals surface area contributed by atoms with Gasteiger partial charge in [0.15, 0.2) is 6.10 Å². The summed E-state index contributed by atoms with van der Waals surface area (Å²) in [6.45, 7) is 1.84. The lowest BCUT2D eigenvalue weighted by Crippen LogP contribution is -2.56. The van der Waals surface area contributed by atoms with E-state index in [2.05, 4.69) is 10.2 Å². The number of nitrogens with zero attached hydrogens (tertiary/aromatic N) is 1. The van der Waals surface area contributed by atoms with Gasteiger partial charge in [0.1, 0.15) is 0 Å². The number of carbonyl (C=O) groups excluding carboxylic acids is 1. The van der Waals surface area contributed by atoms with E-state index in [0.29, 0.717) is 30.3 Å². The molecule has 0 aliphatic carbocycles. The number of ether oxygens (including phenoxy) is 1. The molecule has 5 nitrogen and oxygen atoms in total. The molecule has 0 radical (unpaired) electrons. The Balaban J connectivity index is 2.01. The number of benzene rings is 1. The molecule has 0 saturated carbocycles. The SMILES string of the molecule is CN(C)C1(CNC(=O)[C@H](O)c2ccccc2Cl)CCOCC1. The van der Waals surface area contributed by atoms with E-state index in [1.165, 1.54) is 0 Å². The van der Waals surface area contributed by atoms with Gasteiger partial charge in [0.05, 0.1) is 0 Å². The molecular formula is C16H23ClN2O3. The first-order valence-electron chi connectivity index (χ1n) is 7.42. The van der Waals surface area contributed by atoms with Gasteiger partial charge in [0.2, 0.25) is 0 Å². The van der Waals surface area contributed by atoms with Gasteiger partial charge in [0.25, 0.3) is 5.91 Å². The zero-order valence-electron chi connectivity index (χ0n) is 13.0. The summed E-state index contributed by atoms with van der Waals surface area (Å²) in [4.78, 5) is 14.4. The van der Waals surface area contributed by atoms with Crippen LogP contribution in [-0.2, 0) is 9.53 Å². The lowest BCUT2D eigenvalue weighted by atomic mass is 9.88. The molecule has 1 aliphatic heterocycles. The van der Waals surface area contributed by atoms with Crippen molar-refractivity contribution in [1.82, 2.24) is 10.2 Å². The fraction of sp³-hybridized carbons (Fsp3) is 0.562. The number of aliphatic hydroxyl groups excluding tert-OH is 1. The molecular weight excluding hydrogens is 304 g/mol. The molecule has 1 aromatic rings. The zero-order chi connectivity index (χ0) is 16.2. The predicted molar refractivity (Wildman–Crippen MR) is 85.9 cm³/mol. The van der Waals surface area contributed by atoms with Crippen LogP contribution in [-0.4, -0.2) is 55.3 Å². The third kappa shape index (κ3) is 3.79. The molecule has 0 unspecified atom stereocenters. The second-order valence-electron chi connectivity index (χ2n) is 5.87. The largest absolute Gasteiger partial charge is 0.381 e. The highest BCUT2D eigenvalue weighted by Crippen LogP contribution is 2.26. The van der Waals surface area contributed by atoms with Crippen molar-refractivity contribution < 1.29 is 14.6 Å². The maximum atomic E-state index is 12.2. The number of carbonyl (C=O) groups is 1. The number of hydrogen-bond donors (Lipinski definition) is 2. The highest BCUT2D eigenvalue weighted by atomic mass is 35.5. The van der Waals surface area contributed by atoms with E-state index < -0.39 is 12.0 Å². The zero-order valence-corrected chi connectivity index (χ0v) is 13.8. The van der Waals surface area contributed by atoms with E-state index in [0.717, 1.165) is 12.8 Å². The molecule has 1 atom stereocenters. The molecule has 1 saturated heterocycles. The first kappa shape index (κ1) is 17.2. The summed E-state index contributed by atoms with van der Waals surface area (Å²) < 4.78 is 5.41. The molecule has 22 heavy (non-hydrogen) atoms. The number of rotatable bonds is 5. The van der Waals surface area contributed by atoms with E-state index >= 15 is 0 Å². The van der Waals surface area contributed by atoms with Crippen molar-refractivity contribution in [1.29, 1.82) is 0 Å². The summed E-state index contributed by atoms with van der Waals surface area (Å²) >= 11 is 6.03. The molecule has 1 fully saturated rings. The van der Waals surface area contributed by atoms with Crippen LogP contribution in [0.2, 0.25) is 5.02 Å². The van der Waals surface area contributed by atoms with Crippen molar-refractivity contribution in [3.63, 3.8) is 0 Å². The highest BCUT2D eigenvalue weighted by molar-refractivity contribution is 6.31. The first-order valence-corrected chi connectivity index (χ1v) is 7.79. The van der Waals surface area contributed by atoms with E-state index in [-0.39, 0.29) is 5.54 Å². The van der Waals surface area contributed by atoms with E-state index in [1.807, 2.05) is 14.1 Å². The number of likely N-dealkylation sites (N-methyl/N-ethyl adjacent to an activating group) is 1. The number of amides is 1. The van der Waals surface area contributed by atoms with Crippen molar-refractivity contribution in [3.05, 3.63) is 34.9 Å². The molecule has 0 bridgehead atoms. The van der Waals surface area contributed by atoms with Gasteiger partial charge in [-0.3, -0.25) is 4.79 Å². The fourth-order valence-electron chi connectivity index (χ4n) is 2.72. The summed E-state index contributed by atoms with van der Waals surface area (Å²) in [6.07, 6.45) is 0.443. The molecule has 6 heteroatoms. The van der Waals surface area contributed by atoms with Gasteiger partial charge >= 0.3 is 0 Å². The average molecular weight is 327 g/mol. The Morgan fingerprint density at radius 2 is 2.05 bits per heavy atom. The van der Waals surface area contributed by atoms with Crippen LogP contribution < -0.4 is 5.32 Å². The van der Waals surface area contributed by atoms with Crippen LogP contribution in [0, 0.1) is 0 Å². The van der Waals surface area contributed by atoms with Gasteiger partial charge in [-0.1, -0.05) is 29.8 Å². The maximum Gasteiger partial charge on any atom is 0.253 e. The Bertz CT molecular complexity index is 516. The van der Waals surface area contributed by atoms with Crippen LogP contribution in [0.25, 0.3) is 0 Å². The van der Waals surface area contributed by atoms with Crippen molar-refractivity contribution >= 4 is 17.5 Å². The minimum Gasteiger partial charge on any atom is -0.381 e. The van der Waals surface area contributed by atoms with Crippen LogP contribution >= 0.6 is 11.6 Å². The van der Waals surface area contributed by atoms with E-state index in [1.54, 1.807) is 24.3 Å². The predicted octanol–water partition coefficient (Wildman–Crippen LogP) is 1.60. The summed E-state index contributed by atoms with van der Waals surface area (Å²) in [5.74, 6) is -0.430. The van der Waals surface area contributed by atoms with Crippen molar-refractivity contribution in [3.8, 4) is 0 Å².